The lowest BCUT2D eigenvalue weighted by Crippen LogP contribution is -2.01. The molecule has 0 amide bonds. The van der Waals surface area contributed by atoms with Gasteiger partial charge in [0.1, 0.15) is 5.82 Å². The molecular weight excluding hydrogens is 474 g/mol. The van der Waals surface area contributed by atoms with Gasteiger partial charge in [-0.2, -0.15) is 0 Å². The van der Waals surface area contributed by atoms with Crippen molar-refractivity contribution in [3.05, 3.63) is 139 Å². The Labute approximate surface area is 226 Å². The molecule has 0 spiro atoms. The molecule has 8 rings (SSSR count). The molecule has 3 heteroatoms. The fourth-order valence-electron chi connectivity index (χ4n) is 6.17. The van der Waals surface area contributed by atoms with E-state index in [1.54, 1.807) is 0 Å². The van der Waals surface area contributed by atoms with Crippen LogP contribution in [0.2, 0.25) is 0 Å². The van der Waals surface area contributed by atoms with Gasteiger partial charge in [-0.15, -0.1) is 0 Å². The van der Waals surface area contributed by atoms with E-state index in [-0.39, 0.29) is 0 Å². The molecule has 0 aliphatic rings. The highest BCUT2D eigenvalue weighted by Gasteiger charge is 2.24. The van der Waals surface area contributed by atoms with Gasteiger partial charge in [0, 0.05) is 27.4 Å². The SMILES string of the molecule is Cc1cccc2c3c4ccccc4n(-c4cc(-c5ccccc5)c5ccccc5n4)c3c(-c3ccccc3)n12. The van der Waals surface area contributed by atoms with E-state index < -0.39 is 0 Å². The van der Waals surface area contributed by atoms with Crippen LogP contribution in [0.3, 0.4) is 0 Å². The molecule has 0 saturated heterocycles. The number of para-hydroxylation sites is 2. The van der Waals surface area contributed by atoms with Crippen LogP contribution in [0, 0.1) is 6.92 Å². The largest absolute Gasteiger partial charge is 0.311 e. The number of aryl methyl sites for hydroxylation is 1. The van der Waals surface area contributed by atoms with E-state index >= 15 is 0 Å². The van der Waals surface area contributed by atoms with E-state index in [1.807, 2.05) is 0 Å². The van der Waals surface area contributed by atoms with Crippen molar-refractivity contribution in [1.29, 1.82) is 0 Å². The second-order valence-corrected chi connectivity index (χ2v) is 10.1. The summed E-state index contributed by atoms with van der Waals surface area (Å²) >= 11 is 0. The Kier molecular flexibility index (Phi) is 4.74. The Hall–Kier alpha value is -5.15. The Morgan fingerprint density at radius 1 is 0.564 bits per heavy atom. The Bertz CT molecular complexity index is 2170. The molecule has 0 N–H and O–H groups in total. The van der Waals surface area contributed by atoms with E-state index in [4.69, 9.17) is 4.98 Å². The van der Waals surface area contributed by atoms with Crippen molar-refractivity contribution in [2.75, 3.05) is 0 Å². The van der Waals surface area contributed by atoms with Crippen LogP contribution in [0.1, 0.15) is 5.69 Å². The second-order valence-electron chi connectivity index (χ2n) is 10.1. The number of pyridine rings is 2. The van der Waals surface area contributed by atoms with Crippen LogP contribution in [0.5, 0.6) is 0 Å². The van der Waals surface area contributed by atoms with Gasteiger partial charge in [0.2, 0.25) is 0 Å². The van der Waals surface area contributed by atoms with Crippen LogP contribution in [-0.2, 0) is 0 Å². The van der Waals surface area contributed by atoms with Gasteiger partial charge in [-0.3, -0.25) is 4.57 Å². The highest BCUT2D eigenvalue weighted by molar-refractivity contribution is 6.21. The number of nitrogens with zero attached hydrogens (tertiary/aromatic N) is 3. The molecule has 0 bridgehead atoms. The van der Waals surface area contributed by atoms with Crippen molar-refractivity contribution in [2.24, 2.45) is 0 Å². The smallest absolute Gasteiger partial charge is 0.139 e. The zero-order chi connectivity index (χ0) is 25.9. The first kappa shape index (κ1) is 21.9. The summed E-state index contributed by atoms with van der Waals surface area (Å²) < 4.78 is 4.78. The molecule has 4 aromatic carbocycles. The first-order chi connectivity index (χ1) is 19.3. The molecule has 0 saturated carbocycles. The highest BCUT2D eigenvalue weighted by Crippen LogP contribution is 2.43. The molecule has 0 aliphatic carbocycles. The second kappa shape index (κ2) is 8.44. The normalized spacial score (nSPS) is 11.7. The summed E-state index contributed by atoms with van der Waals surface area (Å²) in [6.07, 6.45) is 0. The fraction of sp³-hybridized carbons (Fsp3) is 0.0278. The first-order valence-electron chi connectivity index (χ1n) is 13.3. The van der Waals surface area contributed by atoms with E-state index in [0.29, 0.717) is 0 Å². The molecular formula is C36H25N3. The maximum Gasteiger partial charge on any atom is 0.139 e. The van der Waals surface area contributed by atoms with Crippen molar-refractivity contribution in [1.82, 2.24) is 14.0 Å². The summed E-state index contributed by atoms with van der Waals surface area (Å²) in [5.74, 6) is 0.921. The Morgan fingerprint density at radius 3 is 2.00 bits per heavy atom. The summed E-state index contributed by atoms with van der Waals surface area (Å²) in [5, 5.41) is 3.64. The van der Waals surface area contributed by atoms with Gasteiger partial charge in [0.05, 0.1) is 27.8 Å². The third-order valence-electron chi connectivity index (χ3n) is 7.83. The molecule has 8 aromatic rings. The maximum atomic E-state index is 5.29. The molecule has 0 aliphatic heterocycles. The predicted octanol–water partition coefficient (Wildman–Crippen LogP) is 9.23. The lowest BCUT2D eigenvalue weighted by atomic mass is 10.0. The number of benzene rings is 4. The zero-order valence-electron chi connectivity index (χ0n) is 21.5. The van der Waals surface area contributed by atoms with E-state index in [9.17, 15) is 0 Å². The summed E-state index contributed by atoms with van der Waals surface area (Å²) in [5.41, 5.74) is 10.5. The zero-order valence-corrected chi connectivity index (χ0v) is 21.5. The summed E-state index contributed by atoms with van der Waals surface area (Å²) in [4.78, 5) is 5.29. The van der Waals surface area contributed by atoms with Gasteiger partial charge < -0.3 is 4.40 Å². The molecule has 0 atom stereocenters. The minimum atomic E-state index is 0.921. The van der Waals surface area contributed by atoms with Gasteiger partial charge >= 0.3 is 0 Å². The molecule has 0 unspecified atom stereocenters. The fourth-order valence-corrected chi connectivity index (χ4v) is 6.17. The number of hydrogen-bond donors (Lipinski definition) is 0. The number of fused-ring (bicyclic) bond motifs is 6. The van der Waals surface area contributed by atoms with Crippen molar-refractivity contribution >= 4 is 38.2 Å². The van der Waals surface area contributed by atoms with E-state index in [1.165, 1.54) is 49.9 Å². The highest BCUT2D eigenvalue weighted by atomic mass is 15.1. The lowest BCUT2D eigenvalue weighted by molar-refractivity contribution is 1.08. The minimum absolute atomic E-state index is 0.921. The van der Waals surface area contributed by atoms with Gasteiger partial charge in [-0.1, -0.05) is 103 Å². The number of aromatic nitrogens is 3. The summed E-state index contributed by atoms with van der Waals surface area (Å²) in [7, 11) is 0. The maximum absolute atomic E-state index is 5.29. The van der Waals surface area contributed by atoms with Crippen molar-refractivity contribution in [2.45, 2.75) is 6.92 Å². The third kappa shape index (κ3) is 3.20. The van der Waals surface area contributed by atoms with Crippen LogP contribution in [0.15, 0.2) is 133 Å². The van der Waals surface area contributed by atoms with Gasteiger partial charge in [0.25, 0.3) is 0 Å². The van der Waals surface area contributed by atoms with Crippen LogP contribution in [0.4, 0.5) is 0 Å². The minimum Gasteiger partial charge on any atom is -0.311 e. The first-order valence-corrected chi connectivity index (χ1v) is 13.3. The van der Waals surface area contributed by atoms with Gasteiger partial charge in [-0.05, 0) is 48.4 Å². The Morgan fingerprint density at radius 2 is 1.21 bits per heavy atom. The molecule has 4 aromatic heterocycles. The Balaban J connectivity index is 1.60. The molecule has 4 heterocycles. The molecule has 39 heavy (non-hydrogen) atoms. The summed E-state index contributed by atoms with van der Waals surface area (Å²) in [6, 6.07) is 47.4. The molecule has 0 radical (unpaired) electrons. The monoisotopic (exact) mass is 499 g/mol. The number of hydrogen-bond acceptors (Lipinski definition) is 1. The lowest BCUT2D eigenvalue weighted by Gasteiger charge is -2.14. The van der Waals surface area contributed by atoms with Crippen LogP contribution in [0.25, 0.3) is 66.4 Å². The third-order valence-corrected chi connectivity index (χ3v) is 7.83. The van der Waals surface area contributed by atoms with Crippen molar-refractivity contribution < 1.29 is 0 Å². The standard InChI is InChI=1S/C36H25N3/c1-24-13-12-22-32-34-28-19-9-11-21-31(28)39(36(34)35(38(24)32)26-16-6-3-7-17-26)33-23-29(25-14-4-2-5-15-25)27-18-8-10-20-30(27)37-33/h2-23H,1H3. The van der Waals surface area contributed by atoms with Crippen molar-refractivity contribution in [3.8, 4) is 28.2 Å². The van der Waals surface area contributed by atoms with Crippen LogP contribution < -0.4 is 0 Å². The predicted molar refractivity (Wildman–Crippen MR) is 163 cm³/mol. The van der Waals surface area contributed by atoms with Crippen LogP contribution in [-0.4, -0.2) is 14.0 Å². The van der Waals surface area contributed by atoms with Crippen molar-refractivity contribution in [3.63, 3.8) is 0 Å². The topological polar surface area (TPSA) is 22.2 Å². The van der Waals surface area contributed by atoms with E-state index in [2.05, 4.69) is 149 Å². The van der Waals surface area contributed by atoms with E-state index in [0.717, 1.165) is 22.2 Å². The molecule has 0 fully saturated rings. The average molecular weight is 500 g/mol. The quantitative estimate of drug-likeness (QED) is 0.237. The summed E-state index contributed by atoms with van der Waals surface area (Å²) in [6.45, 7) is 2.19. The molecule has 3 nitrogen and oxygen atoms in total. The van der Waals surface area contributed by atoms with Gasteiger partial charge in [-0.25, -0.2) is 4.98 Å². The van der Waals surface area contributed by atoms with Gasteiger partial charge in [0.15, 0.2) is 0 Å². The molecule has 184 valence electrons. The average Bonchev–Trinajstić information content (AvgIpc) is 3.51. The number of rotatable bonds is 3. The van der Waals surface area contributed by atoms with Crippen LogP contribution >= 0.6 is 0 Å².